The van der Waals surface area contributed by atoms with Gasteiger partial charge in [-0.2, -0.15) is 0 Å². The SMILES string of the molecule is Clc1ccc2c(NCCCCCCCCCCNCc3nccc(Cl)n3)ccnc2c1. The van der Waals surface area contributed by atoms with Gasteiger partial charge >= 0.3 is 0 Å². The van der Waals surface area contributed by atoms with E-state index in [1.165, 1.54) is 51.4 Å². The van der Waals surface area contributed by atoms with Gasteiger partial charge in [-0.15, -0.1) is 0 Å². The monoisotopic (exact) mass is 459 g/mol. The van der Waals surface area contributed by atoms with E-state index in [2.05, 4.69) is 25.6 Å². The molecule has 1 aromatic carbocycles. The highest BCUT2D eigenvalue weighted by molar-refractivity contribution is 6.31. The zero-order chi connectivity index (χ0) is 21.7. The largest absolute Gasteiger partial charge is 0.384 e. The van der Waals surface area contributed by atoms with Crippen LogP contribution in [0.1, 0.15) is 57.2 Å². The minimum atomic E-state index is 0.499. The van der Waals surface area contributed by atoms with Crippen LogP contribution in [-0.4, -0.2) is 28.0 Å². The molecular weight excluding hydrogens is 429 g/mol. The van der Waals surface area contributed by atoms with Crippen molar-refractivity contribution in [1.82, 2.24) is 20.3 Å². The molecule has 3 rings (SSSR count). The first-order valence-corrected chi connectivity index (χ1v) is 11.9. The van der Waals surface area contributed by atoms with Crippen LogP contribution < -0.4 is 10.6 Å². The van der Waals surface area contributed by atoms with Gasteiger partial charge in [0.05, 0.1) is 12.1 Å². The van der Waals surface area contributed by atoms with Crippen LogP contribution in [0.25, 0.3) is 10.9 Å². The second-order valence-corrected chi connectivity index (χ2v) is 8.57. The summed E-state index contributed by atoms with van der Waals surface area (Å²) < 4.78 is 0. The van der Waals surface area contributed by atoms with E-state index in [-0.39, 0.29) is 0 Å². The van der Waals surface area contributed by atoms with Gasteiger partial charge < -0.3 is 10.6 Å². The lowest BCUT2D eigenvalue weighted by molar-refractivity contribution is 0.549. The van der Waals surface area contributed by atoms with E-state index >= 15 is 0 Å². The average molecular weight is 460 g/mol. The lowest BCUT2D eigenvalue weighted by atomic mass is 10.1. The molecule has 3 aromatic rings. The van der Waals surface area contributed by atoms with Crippen molar-refractivity contribution >= 4 is 39.8 Å². The molecule has 0 aliphatic heterocycles. The van der Waals surface area contributed by atoms with Crippen LogP contribution in [-0.2, 0) is 6.54 Å². The Kier molecular flexibility index (Phi) is 10.3. The molecule has 0 spiro atoms. The summed E-state index contributed by atoms with van der Waals surface area (Å²) in [5.41, 5.74) is 2.07. The number of nitrogens with zero attached hydrogens (tertiary/aromatic N) is 3. The number of nitrogens with one attached hydrogen (secondary N) is 2. The lowest BCUT2D eigenvalue weighted by Gasteiger charge is -2.09. The van der Waals surface area contributed by atoms with Gasteiger partial charge in [0.2, 0.25) is 0 Å². The Morgan fingerprint density at radius 2 is 1.45 bits per heavy atom. The van der Waals surface area contributed by atoms with Crippen LogP contribution in [0.4, 0.5) is 5.69 Å². The number of halogens is 2. The molecule has 5 nitrogen and oxygen atoms in total. The molecule has 2 aromatic heterocycles. The molecule has 2 heterocycles. The predicted molar refractivity (Wildman–Crippen MR) is 131 cm³/mol. The van der Waals surface area contributed by atoms with Gasteiger partial charge in [0.25, 0.3) is 0 Å². The molecule has 0 saturated heterocycles. The summed E-state index contributed by atoms with van der Waals surface area (Å²) in [6, 6.07) is 9.59. The number of aromatic nitrogens is 3. The van der Waals surface area contributed by atoms with E-state index in [0.717, 1.165) is 40.5 Å². The molecule has 0 saturated carbocycles. The molecular formula is C24H31Cl2N5. The molecule has 2 N–H and O–H groups in total. The molecule has 0 amide bonds. The summed E-state index contributed by atoms with van der Waals surface area (Å²) in [4.78, 5) is 12.8. The molecule has 0 fully saturated rings. The highest BCUT2D eigenvalue weighted by Gasteiger charge is 2.02. The topological polar surface area (TPSA) is 62.7 Å². The zero-order valence-electron chi connectivity index (χ0n) is 17.9. The third-order valence-electron chi connectivity index (χ3n) is 5.26. The average Bonchev–Trinajstić information content (AvgIpc) is 2.76. The van der Waals surface area contributed by atoms with Crippen LogP contribution in [0.15, 0.2) is 42.7 Å². The van der Waals surface area contributed by atoms with Crippen molar-refractivity contribution in [3.05, 3.63) is 58.7 Å². The Bertz CT molecular complexity index is 935. The Morgan fingerprint density at radius 1 is 0.742 bits per heavy atom. The van der Waals surface area contributed by atoms with Crippen molar-refractivity contribution in [3.63, 3.8) is 0 Å². The number of pyridine rings is 1. The smallest absolute Gasteiger partial charge is 0.143 e. The van der Waals surface area contributed by atoms with Crippen molar-refractivity contribution < 1.29 is 0 Å². The molecule has 0 radical (unpaired) electrons. The molecule has 0 atom stereocenters. The van der Waals surface area contributed by atoms with E-state index < -0.39 is 0 Å². The van der Waals surface area contributed by atoms with E-state index in [0.29, 0.717) is 11.7 Å². The van der Waals surface area contributed by atoms with Gasteiger partial charge in [-0.3, -0.25) is 4.98 Å². The fourth-order valence-corrected chi connectivity index (χ4v) is 3.91. The van der Waals surface area contributed by atoms with Gasteiger partial charge in [0.15, 0.2) is 0 Å². The summed E-state index contributed by atoms with van der Waals surface area (Å²) in [5, 5.41) is 9.27. The minimum absolute atomic E-state index is 0.499. The number of rotatable bonds is 14. The molecule has 0 bridgehead atoms. The van der Waals surface area contributed by atoms with Gasteiger partial charge in [-0.1, -0.05) is 61.7 Å². The zero-order valence-corrected chi connectivity index (χ0v) is 19.4. The van der Waals surface area contributed by atoms with Crippen LogP contribution in [0.2, 0.25) is 10.2 Å². The van der Waals surface area contributed by atoms with Crippen LogP contribution in [0, 0.1) is 0 Å². The van der Waals surface area contributed by atoms with Gasteiger partial charge in [-0.25, -0.2) is 9.97 Å². The van der Waals surface area contributed by atoms with Crippen molar-refractivity contribution in [2.45, 2.75) is 57.9 Å². The number of hydrogen-bond donors (Lipinski definition) is 2. The number of unbranched alkanes of at least 4 members (excludes halogenated alkanes) is 7. The second kappa shape index (κ2) is 13.5. The van der Waals surface area contributed by atoms with Crippen molar-refractivity contribution in [2.24, 2.45) is 0 Å². The van der Waals surface area contributed by atoms with Crippen LogP contribution in [0.3, 0.4) is 0 Å². The maximum absolute atomic E-state index is 6.06. The first-order chi connectivity index (χ1) is 15.2. The Balaban J connectivity index is 1.15. The maximum atomic E-state index is 6.06. The molecule has 31 heavy (non-hydrogen) atoms. The lowest BCUT2D eigenvalue weighted by Crippen LogP contribution is -2.16. The van der Waals surface area contributed by atoms with E-state index in [4.69, 9.17) is 23.2 Å². The summed E-state index contributed by atoms with van der Waals surface area (Å²) in [5.74, 6) is 0.753. The van der Waals surface area contributed by atoms with Crippen molar-refractivity contribution in [1.29, 1.82) is 0 Å². The Hall–Kier alpha value is -1.95. The normalized spacial score (nSPS) is 11.2. The van der Waals surface area contributed by atoms with E-state index in [1.54, 1.807) is 12.3 Å². The third kappa shape index (κ3) is 8.60. The van der Waals surface area contributed by atoms with Crippen LogP contribution >= 0.6 is 23.2 Å². The summed E-state index contributed by atoms with van der Waals surface area (Å²) in [6.07, 6.45) is 13.7. The van der Waals surface area contributed by atoms with Gasteiger partial charge in [-0.05, 0) is 49.7 Å². The number of benzene rings is 1. The standard InChI is InChI=1S/C24H31Cl2N5/c25-19-9-10-20-21(11-15-29-22(20)17-19)28-14-8-6-4-2-1-3-5-7-13-27-18-24-30-16-12-23(26)31-24/h9-12,15-17,27H,1-8,13-14,18H2,(H,28,29). The quantitative estimate of drug-likeness (QED) is 0.208. The summed E-state index contributed by atoms with van der Waals surface area (Å²) in [6.45, 7) is 2.67. The molecule has 0 unspecified atom stereocenters. The van der Waals surface area contributed by atoms with Gasteiger partial charge in [0.1, 0.15) is 11.0 Å². The third-order valence-corrected chi connectivity index (χ3v) is 5.70. The molecule has 0 aliphatic rings. The summed E-state index contributed by atoms with van der Waals surface area (Å²) >= 11 is 11.9. The van der Waals surface area contributed by atoms with Crippen molar-refractivity contribution in [3.8, 4) is 0 Å². The highest BCUT2D eigenvalue weighted by atomic mass is 35.5. The molecule has 166 valence electrons. The van der Waals surface area contributed by atoms with Crippen molar-refractivity contribution in [2.75, 3.05) is 18.4 Å². The number of fused-ring (bicyclic) bond motifs is 1. The highest BCUT2D eigenvalue weighted by Crippen LogP contribution is 2.24. The molecule has 7 heteroatoms. The van der Waals surface area contributed by atoms with Gasteiger partial charge in [0, 0.05) is 35.0 Å². The fraction of sp³-hybridized carbons (Fsp3) is 0.458. The Labute approximate surface area is 195 Å². The van der Waals surface area contributed by atoms with E-state index in [1.807, 2.05) is 30.5 Å². The Morgan fingerprint density at radius 3 is 2.23 bits per heavy atom. The fourth-order valence-electron chi connectivity index (χ4n) is 3.59. The number of anilines is 1. The number of hydrogen-bond acceptors (Lipinski definition) is 5. The van der Waals surface area contributed by atoms with E-state index in [9.17, 15) is 0 Å². The summed E-state index contributed by atoms with van der Waals surface area (Å²) in [7, 11) is 0. The first kappa shape index (κ1) is 23.7. The first-order valence-electron chi connectivity index (χ1n) is 11.2. The van der Waals surface area contributed by atoms with Crippen LogP contribution in [0.5, 0.6) is 0 Å². The predicted octanol–water partition coefficient (Wildman–Crippen LogP) is 6.65. The molecule has 0 aliphatic carbocycles. The second-order valence-electron chi connectivity index (χ2n) is 7.75. The maximum Gasteiger partial charge on any atom is 0.143 e. The minimum Gasteiger partial charge on any atom is -0.384 e.